The quantitative estimate of drug-likeness (QED) is 0.411. The first-order valence-corrected chi connectivity index (χ1v) is 7.92. The highest BCUT2D eigenvalue weighted by Crippen LogP contribution is 2.01. The molecule has 0 radical (unpaired) electrons. The molecule has 3 N–H and O–H groups in total. The van der Waals surface area contributed by atoms with Gasteiger partial charge < -0.3 is 0 Å². The second-order valence-corrected chi connectivity index (χ2v) is 5.56. The number of carbonyl (C=O) groups excluding carboxylic acids is 2. The van der Waals surface area contributed by atoms with E-state index < -0.39 is 11.8 Å². The molecule has 132 valence electrons. The van der Waals surface area contributed by atoms with Gasteiger partial charge in [0.2, 0.25) is 5.91 Å². The Morgan fingerprint density at radius 2 is 2.12 bits per heavy atom. The molecular formula is C15H19N7O2S. The molecule has 0 unspecified atom stereocenters. The van der Waals surface area contributed by atoms with Crippen LogP contribution in [-0.4, -0.2) is 36.5 Å². The third kappa shape index (κ3) is 5.24. The number of aryl methyl sites for hydroxylation is 3. The first kappa shape index (κ1) is 18.3. The van der Waals surface area contributed by atoms with Gasteiger partial charge in [0.25, 0.3) is 5.91 Å². The zero-order chi connectivity index (χ0) is 18.4. The number of aromatic nitrogens is 4. The predicted molar refractivity (Wildman–Crippen MR) is 96.2 cm³/mol. The van der Waals surface area contributed by atoms with Crippen LogP contribution >= 0.6 is 12.2 Å². The monoisotopic (exact) mass is 361 g/mol. The maximum Gasteiger partial charge on any atom is 0.287 e. The van der Waals surface area contributed by atoms with Crippen LogP contribution in [0.15, 0.2) is 24.5 Å². The van der Waals surface area contributed by atoms with Gasteiger partial charge in [0, 0.05) is 31.4 Å². The van der Waals surface area contributed by atoms with Crippen molar-refractivity contribution in [2.75, 3.05) is 0 Å². The van der Waals surface area contributed by atoms with Crippen LogP contribution in [0.1, 0.15) is 28.7 Å². The number of thiocarbonyl (C=S) groups is 1. The van der Waals surface area contributed by atoms with Crippen molar-refractivity contribution in [1.29, 1.82) is 0 Å². The summed E-state index contributed by atoms with van der Waals surface area (Å²) >= 11 is 4.96. The minimum absolute atomic E-state index is 0.0221. The van der Waals surface area contributed by atoms with Crippen molar-refractivity contribution in [3.63, 3.8) is 0 Å². The first-order valence-electron chi connectivity index (χ1n) is 7.51. The Labute approximate surface area is 150 Å². The lowest BCUT2D eigenvalue weighted by atomic mass is 10.3. The number of nitrogens with one attached hydrogen (secondary N) is 3. The molecule has 0 aliphatic rings. The second-order valence-electron chi connectivity index (χ2n) is 5.15. The Hall–Kier alpha value is -3.01. The fourth-order valence-electron chi connectivity index (χ4n) is 2.00. The summed E-state index contributed by atoms with van der Waals surface area (Å²) < 4.78 is 3.20. The molecule has 2 aromatic rings. The summed E-state index contributed by atoms with van der Waals surface area (Å²) in [4.78, 5) is 23.8. The number of nitrogens with zero attached hydrogens (tertiary/aromatic N) is 4. The molecule has 0 aliphatic heterocycles. The average molecular weight is 361 g/mol. The summed E-state index contributed by atoms with van der Waals surface area (Å²) in [6.07, 6.45) is 6.42. The SMILES string of the molecule is CCn1cc(/C=C/C(=O)NC(=S)NNC(=O)c2cc(C)nn2C)cn1. The topological polar surface area (TPSA) is 106 Å². The normalized spacial score (nSPS) is 10.7. The standard InChI is InChI=1S/C15H19N7O2S/c1-4-22-9-11(8-16-22)5-6-13(23)17-15(25)19-18-14(24)12-7-10(2)20-21(12)3/h5-9H,4H2,1-3H3,(H,18,24)(H2,17,19,23,25)/b6-5+. The molecule has 10 heteroatoms. The van der Waals surface area contributed by atoms with Crippen LogP contribution in [0.25, 0.3) is 6.08 Å². The van der Waals surface area contributed by atoms with Crippen molar-refractivity contribution < 1.29 is 9.59 Å². The molecule has 2 amide bonds. The van der Waals surface area contributed by atoms with E-state index >= 15 is 0 Å². The van der Waals surface area contributed by atoms with Gasteiger partial charge in [-0.15, -0.1) is 0 Å². The van der Waals surface area contributed by atoms with Crippen LogP contribution in [0.2, 0.25) is 0 Å². The Morgan fingerprint density at radius 1 is 1.36 bits per heavy atom. The van der Waals surface area contributed by atoms with Crippen LogP contribution in [0.5, 0.6) is 0 Å². The lowest BCUT2D eigenvalue weighted by Crippen LogP contribution is -2.48. The molecule has 0 atom stereocenters. The maximum atomic E-state index is 12.0. The van der Waals surface area contributed by atoms with Gasteiger partial charge in [-0.2, -0.15) is 10.2 Å². The van der Waals surface area contributed by atoms with Crippen molar-refractivity contribution in [3.05, 3.63) is 41.5 Å². The molecular weight excluding hydrogens is 342 g/mol. The Kier molecular flexibility index (Phi) is 6.01. The van der Waals surface area contributed by atoms with Gasteiger partial charge in [0.15, 0.2) is 5.11 Å². The van der Waals surface area contributed by atoms with E-state index in [0.29, 0.717) is 5.69 Å². The van der Waals surface area contributed by atoms with Crippen molar-refractivity contribution >= 4 is 35.2 Å². The number of hydrogen-bond donors (Lipinski definition) is 3. The van der Waals surface area contributed by atoms with Crippen LogP contribution in [-0.2, 0) is 18.4 Å². The van der Waals surface area contributed by atoms with E-state index in [9.17, 15) is 9.59 Å². The molecule has 2 heterocycles. The van der Waals surface area contributed by atoms with Gasteiger partial charge in [-0.05, 0) is 38.2 Å². The third-order valence-electron chi connectivity index (χ3n) is 3.17. The molecule has 25 heavy (non-hydrogen) atoms. The first-order chi connectivity index (χ1) is 11.9. The van der Waals surface area contributed by atoms with Crippen LogP contribution in [0, 0.1) is 6.92 Å². The lowest BCUT2D eigenvalue weighted by Gasteiger charge is -2.09. The van der Waals surface area contributed by atoms with E-state index in [1.807, 2.05) is 13.1 Å². The van der Waals surface area contributed by atoms with E-state index in [0.717, 1.165) is 17.8 Å². The van der Waals surface area contributed by atoms with Gasteiger partial charge >= 0.3 is 0 Å². The molecule has 0 fully saturated rings. The van der Waals surface area contributed by atoms with E-state index in [4.69, 9.17) is 12.2 Å². The average Bonchev–Trinajstić information content (AvgIpc) is 3.16. The molecule has 0 saturated carbocycles. The molecule has 0 aliphatic carbocycles. The summed E-state index contributed by atoms with van der Waals surface area (Å²) in [7, 11) is 1.66. The molecule has 0 spiro atoms. The number of amides is 2. The summed E-state index contributed by atoms with van der Waals surface area (Å²) in [5.41, 5.74) is 6.76. The molecule has 0 bridgehead atoms. The number of carbonyl (C=O) groups is 2. The fraction of sp³-hybridized carbons (Fsp3) is 0.267. The highest BCUT2D eigenvalue weighted by atomic mass is 32.1. The van der Waals surface area contributed by atoms with Gasteiger partial charge in [-0.3, -0.25) is 35.1 Å². The Bertz CT molecular complexity index is 822. The van der Waals surface area contributed by atoms with Crippen molar-refractivity contribution in [3.8, 4) is 0 Å². The molecule has 2 aromatic heterocycles. The molecule has 0 saturated heterocycles. The minimum atomic E-state index is -0.424. The third-order valence-corrected chi connectivity index (χ3v) is 3.37. The van der Waals surface area contributed by atoms with Gasteiger partial charge in [0.1, 0.15) is 5.69 Å². The van der Waals surface area contributed by atoms with Gasteiger partial charge in [0.05, 0.1) is 11.9 Å². The molecule has 0 aromatic carbocycles. The summed E-state index contributed by atoms with van der Waals surface area (Å²) in [5, 5.41) is 10.6. The van der Waals surface area contributed by atoms with E-state index in [1.54, 1.807) is 37.0 Å². The van der Waals surface area contributed by atoms with Crippen molar-refractivity contribution in [2.45, 2.75) is 20.4 Å². The van der Waals surface area contributed by atoms with Crippen LogP contribution in [0.4, 0.5) is 0 Å². The van der Waals surface area contributed by atoms with Crippen LogP contribution in [0.3, 0.4) is 0 Å². The smallest absolute Gasteiger partial charge is 0.287 e. The Morgan fingerprint density at radius 3 is 2.72 bits per heavy atom. The number of rotatable bonds is 4. The number of hydrazine groups is 1. The highest BCUT2D eigenvalue weighted by molar-refractivity contribution is 7.80. The Balaban J connectivity index is 1.80. The molecule has 9 nitrogen and oxygen atoms in total. The summed E-state index contributed by atoms with van der Waals surface area (Å²) in [5.74, 6) is -0.838. The maximum absolute atomic E-state index is 12.0. The van der Waals surface area contributed by atoms with Crippen LogP contribution < -0.4 is 16.2 Å². The van der Waals surface area contributed by atoms with Crippen molar-refractivity contribution in [2.24, 2.45) is 7.05 Å². The minimum Gasteiger partial charge on any atom is -0.298 e. The van der Waals surface area contributed by atoms with Crippen molar-refractivity contribution in [1.82, 2.24) is 35.7 Å². The zero-order valence-electron chi connectivity index (χ0n) is 14.1. The van der Waals surface area contributed by atoms with E-state index in [2.05, 4.69) is 26.4 Å². The summed E-state index contributed by atoms with van der Waals surface area (Å²) in [6.45, 7) is 4.51. The zero-order valence-corrected chi connectivity index (χ0v) is 14.9. The highest BCUT2D eigenvalue weighted by Gasteiger charge is 2.12. The second kappa shape index (κ2) is 8.20. The molecule has 2 rings (SSSR count). The van der Waals surface area contributed by atoms with E-state index in [-0.39, 0.29) is 5.11 Å². The summed E-state index contributed by atoms with van der Waals surface area (Å²) in [6, 6.07) is 1.64. The number of hydrogen-bond acceptors (Lipinski definition) is 5. The largest absolute Gasteiger partial charge is 0.298 e. The predicted octanol–water partition coefficient (Wildman–Crippen LogP) is 0.294. The lowest BCUT2D eigenvalue weighted by molar-refractivity contribution is -0.115. The fourth-order valence-corrected chi connectivity index (χ4v) is 2.15. The van der Waals surface area contributed by atoms with E-state index in [1.165, 1.54) is 10.8 Å². The van der Waals surface area contributed by atoms with Gasteiger partial charge in [-0.25, -0.2) is 0 Å². The van der Waals surface area contributed by atoms with Gasteiger partial charge in [-0.1, -0.05) is 0 Å².